The Morgan fingerprint density at radius 3 is 2.79 bits per heavy atom. The van der Waals surface area contributed by atoms with E-state index in [1.807, 2.05) is 43.4 Å². The van der Waals surface area contributed by atoms with Gasteiger partial charge >= 0.3 is 0 Å². The number of carbonyl (C=O) groups excluding carboxylic acids is 1. The van der Waals surface area contributed by atoms with E-state index in [-0.39, 0.29) is 0 Å². The van der Waals surface area contributed by atoms with Crippen molar-refractivity contribution < 1.29 is 4.79 Å². The van der Waals surface area contributed by atoms with Gasteiger partial charge in [-0.05, 0) is 55.8 Å². The van der Waals surface area contributed by atoms with Gasteiger partial charge in [0, 0.05) is 38.0 Å². The lowest BCUT2D eigenvalue weighted by atomic mass is 9.93. The van der Waals surface area contributed by atoms with Gasteiger partial charge in [0.1, 0.15) is 0 Å². The predicted molar refractivity (Wildman–Crippen MR) is 111 cm³/mol. The van der Waals surface area contributed by atoms with Crippen molar-refractivity contribution in [1.29, 1.82) is 0 Å². The molecule has 6 heteroatoms. The molecule has 1 aliphatic heterocycles. The van der Waals surface area contributed by atoms with Crippen LogP contribution in [0.3, 0.4) is 0 Å². The third kappa shape index (κ3) is 4.02. The van der Waals surface area contributed by atoms with Crippen molar-refractivity contribution in [2.45, 2.75) is 38.1 Å². The predicted octanol–water partition coefficient (Wildman–Crippen LogP) is 3.25. The van der Waals surface area contributed by atoms with Gasteiger partial charge in [-0.25, -0.2) is 9.97 Å². The van der Waals surface area contributed by atoms with Crippen LogP contribution in [-0.2, 0) is 0 Å². The Hall–Kier alpha value is -2.47. The molecule has 1 amide bonds. The molecule has 2 fully saturated rings. The van der Waals surface area contributed by atoms with Gasteiger partial charge in [0.05, 0.1) is 11.7 Å². The van der Waals surface area contributed by atoms with Crippen molar-refractivity contribution in [2.75, 3.05) is 32.1 Å². The van der Waals surface area contributed by atoms with Crippen molar-refractivity contribution in [3.8, 4) is 11.1 Å². The van der Waals surface area contributed by atoms with Gasteiger partial charge in [-0.3, -0.25) is 9.69 Å². The fourth-order valence-electron chi connectivity index (χ4n) is 4.07. The van der Waals surface area contributed by atoms with E-state index in [2.05, 4.69) is 9.88 Å². The topological polar surface area (TPSA) is 75.4 Å². The van der Waals surface area contributed by atoms with Crippen molar-refractivity contribution in [2.24, 2.45) is 11.7 Å². The molecule has 148 valence electrons. The number of likely N-dealkylation sites (tertiary alicyclic amines) is 1. The number of hydrogen-bond donors (Lipinski definition) is 1. The van der Waals surface area contributed by atoms with Crippen LogP contribution >= 0.6 is 0 Å². The lowest BCUT2D eigenvalue weighted by Crippen LogP contribution is -2.36. The summed E-state index contributed by atoms with van der Waals surface area (Å²) in [4.78, 5) is 25.8. The Bertz CT molecular complexity index is 862. The first kappa shape index (κ1) is 18.9. The summed E-state index contributed by atoms with van der Waals surface area (Å²) in [6.45, 7) is 2.29. The van der Waals surface area contributed by atoms with E-state index in [4.69, 9.17) is 10.7 Å². The smallest absolute Gasteiger partial charge is 0.248 e. The van der Waals surface area contributed by atoms with Crippen molar-refractivity contribution in [3.63, 3.8) is 0 Å². The van der Waals surface area contributed by atoms with Crippen LogP contribution in [0.2, 0.25) is 0 Å². The summed E-state index contributed by atoms with van der Waals surface area (Å²) >= 11 is 0. The number of amides is 1. The number of anilines is 1. The largest absolute Gasteiger partial charge is 0.366 e. The molecule has 2 aromatic rings. The highest BCUT2D eigenvalue weighted by molar-refractivity contribution is 5.94. The summed E-state index contributed by atoms with van der Waals surface area (Å²) in [6, 6.07) is 7.79. The number of carbonyl (C=O) groups is 1. The molecular weight excluding hydrogens is 350 g/mol. The van der Waals surface area contributed by atoms with E-state index in [1.54, 1.807) is 6.07 Å². The van der Waals surface area contributed by atoms with Crippen molar-refractivity contribution >= 4 is 11.9 Å². The monoisotopic (exact) mass is 379 g/mol. The molecule has 4 rings (SSSR count). The number of nitrogens with two attached hydrogens (primary N) is 1. The number of aromatic nitrogens is 2. The standard InChI is InChI=1S/C22H29N5O/c1-26(2)22-24-13-18(16-6-5-7-17(12-16)21(23)28)20(25-22)19-8-3-4-11-27(19)14-15-9-10-15/h5-7,12-13,15,19H,3-4,8-11,14H2,1-2H3,(H2,23,28). The highest BCUT2D eigenvalue weighted by atomic mass is 16.1. The number of hydrogen-bond acceptors (Lipinski definition) is 5. The first-order chi connectivity index (χ1) is 13.5. The minimum atomic E-state index is -0.415. The summed E-state index contributed by atoms with van der Waals surface area (Å²) in [5.74, 6) is 1.15. The van der Waals surface area contributed by atoms with Gasteiger partial charge in [0.2, 0.25) is 11.9 Å². The molecule has 1 saturated carbocycles. The Balaban J connectivity index is 1.78. The van der Waals surface area contributed by atoms with Crippen LogP contribution in [0.4, 0.5) is 5.95 Å². The minimum Gasteiger partial charge on any atom is -0.366 e. The van der Waals surface area contributed by atoms with Crippen molar-refractivity contribution in [3.05, 3.63) is 41.7 Å². The van der Waals surface area contributed by atoms with E-state index in [9.17, 15) is 4.79 Å². The van der Waals surface area contributed by atoms with Crippen molar-refractivity contribution in [1.82, 2.24) is 14.9 Å². The van der Waals surface area contributed by atoms with Crippen LogP contribution in [0.5, 0.6) is 0 Å². The van der Waals surface area contributed by atoms with E-state index in [0.29, 0.717) is 11.6 Å². The van der Waals surface area contributed by atoms with Crippen LogP contribution in [0.15, 0.2) is 30.5 Å². The van der Waals surface area contributed by atoms with E-state index < -0.39 is 5.91 Å². The first-order valence-corrected chi connectivity index (χ1v) is 10.2. The molecule has 1 saturated heterocycles. The van der Waals surface area contributed by atoms with E-state index in [0.717, 1.165) is 48.2 Å². The summed E-state index contributed by atoms with van der Waals surface area (Å²) < 4.78 is 0. The molecule has 0 spiro atoms. The zero-order chi connectivity index (χ0) is 19.7. The molecule has 6 nitrogen and oxygen atoms in total. The SMILES string of the molecule is CN(C)c1ncc(-c2cccc(C(N)=O)c2)c(C2CCCCN2CC2CC2)n1. The average molecular weight is 380 g/mol. The highest BCUT2D eigenvalue weighted by Crippen LogP contribution is 2.39. The normalized spacial score (nSPS) is 20.1. The van der Waals surface area contributed by atoms with Crippen LogP contribution in [0, 0.1) is 5.92 Å². The minimum absolute atomic E-state index is 0.295. The van der Waals surface area contributed by atoms with Crippen LogP contribution in [-0.4, -0.2) is 48.0 Å². The Morgan fingerprint density at radius 2 is 2.07 bits per heavy atom. The molecule has 1 aromatic carbocycles. The lowest BCUT2D eigenvalue weighted by molar-refractivity contribution is 0.100. The molecular formula is C22H29N5O. The first-order valence-electron chi connectivity index (χ1n) is 10.2. The number of nitrogens with zero attached hydrogens (tertiary/aromatic N) is 4. The van der Waals surface area contributed by atoms with Crippen LogP contribution in [0.25, 0.3) is 11.1 Å². The molecule has 1 atom stereocenters. The molecule has 2 N–H and O–H groups in total. The van der Waals surface area contributed by atoms with Gasteiger partial charge in [-0.1, -0.05) is 18.6 Å². The summed E-state index contributed by atoms with van der Waals surface area (Å²) in [7, 11) is 3.94. The molecule has 1 aliphatic carbocycles. The van der Waals surface area contributed by atoms with E-state index >= 15 is 0 Å². The Labute approximate surface area is 166 Å². The Morgan fingerprint density at radius 1 is 1.25 bits per heavy atom. The summed E-state index contributed by atoms with van der Waals surface area (Å²) in [6.07, 6.45) is 8.18. The molecule has 0 bridgehead atoms. The molecule has 1 aromatic heterocycles. The highest BCUT2D eigenvalue weighted by Gasteiger charge is 2.32. The maximum Gasteiger partial charge on any atom is 0.248 e. The molecule has 2 aliphatic rings. The molecule has 0 radical (unpaired) electrons. The quantitative estimate of drug-likeness (QED) is 0.834. The average Bonchev–Trinajstić information content (AvgIpc) is 3.52. The maximum atomic E-state index is 11.7. The van der Waals surface area contributed by atoms with Gasteiger partial charge in [0.25, 0.3) is 0 Å². The molecule has 1 unspecified atom stereocenters. The fraction of sp³-hybridized carbons (Fsp3) is 0.500. The zero-order valence-corrected chi connectivity index (χ0v) is 16.8. The third-order valence-electron chi connectivity index (χ3n) is 5.78. The second-order valence-electron chi connectivity index (χ2n) is 8.26. The second kappa shape index (κ2) is 7.87. The van der Waals surface area contributed by atoms with Gasteiger partial charge in [-0.15, -0.1) is 0 Å². The van der Waals surface area contributed by atoms with E-state index in [1.165, 1.54) is 25.7 Å². The van der Waals surface area contributed by atoms with Crippen LogP contribution in [0.1, 0.15) is 54.2 Å². The number of rotatable bonds is 6. The molecule has 2 heterocycles. The fourth-order valence-corrected chi connectivity index (χ4v) is 4.07. The number of primary amides is 1. The molecule has 28 heavy (non-hydrogen) atoms. The Kier molecular flexibility index (Phi) is 5.31. The van der Waals surface area contributed by atoms with Gasteiger partial charge < -0.3 is 10.6 Å². The van der Waals surface area contributed by atoms with Crippen LogP contribution < -0.4 is 10.6 Å². The number of benzene rings is 1. The number of piperidine rings is 1. The lowest BCUT2D eigenvalue weighted by Gasteiger charge is -2.36. The zero-order valence-electron chi connectivity index (χ0n) is 16.8. The summed E-state index contributed by atoms with van der Waals surface area (Å²) in [5, 5.41) is 0. The van der Waals surface area contributed by atoms with Gasteiger partial charge in [0.15, 0.2) is 0 Å². The van der Waals surface area contributed by atoms with Gasteiger partial charge in [-0.2, -0.15) is 0 Å². The summed E-state index contributed by atoms with van der Waals surface area (Å²) in [5.41, 5.74) is 9.04. The second-order valence-corrected chi connectivity index (χ2v) is 8.26. The third-order valence-corrected chi connectivity index (χ3v) is 5.78. The maximum absolute atomic E-state index is 11.7.